The van der Waals surface area contributed by atoms with Crippen molar-refractivity contribution in [2.24, 2.45) is 0 Å². The number of aromatic nitrogens is 2. The lowest BCUT2D eigenvalue weighted by atomic mass is 10.1. The number of benzene rings is 3. The van der Waals surface area contributed by atoms with E-state index in [1.165, 1.54) is 0 Å². The maximum Gasteiger partial charge on any atom is 0.251 e. The molecule has 4 aromatic rings. The van der Waals surface area contributed by atoms with Gasteiger partial charge >= 0.3 is 0 Å². The van der Waals surface area contributed by atoms with Gasteiger partial charge in [-0.05, 0) is 91.7 Å². The van der Waals surface area contributed by atoms with E-state index in [9.17, 15) is 4.79 Å². The number of methoxy groups -OCH3 is 4. The predicted octanol–water partition coefficient (Wildman–Crippen LogP) is 6.39. The minimum Gasteiger partial charge on any atom is -0.493 e. The third kappa shape index (κ3) is 7.16. The lowest BCUT2D eigenvalue weighted by Crippen LogP contribution is -2.30. The van der Waals surface area contributed by atoms with Crippen LogP contribution in [0.15, 0.2) is 66.7 Å². The summed E-state index contributed by atoms with van der Waals surface area (Å²) < 4.78 is 23.4. The predicted molar refractivity (Wildman–Crippen MR) is 163 cm³/mol. The van der Waals surface area contributed by atoms with Gasteiger partial charge in [-0.15, -0.1) is 0 Å². The Morgan fingerprint density at radius 3 is 1.76 bits per heavy atom. The topological polar surface area (TPSA) is 83.8 Å². The molecule has 0 spiro atoms. The summed E-state index contributed by atoms with van der Waals surface area (Å²) in [5.41, 5.74) is 4.91. The molecule has 0 radical (unpaired) electrons. The molecule has 0 aliphatic rings. The molecule has 0 aliphatic carbocycles. The largest absolute Gasteiger partial charge is 0.493 e. The highest BCUT2D eigenvalue weighted by molar-refractivity contribution is 5.94. The van der Waals surface area contributed by atoms with Crippen LogP contribution in [-0.4, -0.2) is 50.2 Å². The molecule has 41 heavy (non-hydrogen) atoms. The zero-order valence-electron chi connectivity index (χ0n) is 24.2. The molecule has 0 aliphatic heterocycles. The second-order valence-electron chi connectivity index (χ2n) is 9.48. The molecule has 8 nitrogen and oxygen atoms in total. The van der Waals surface area contributed by atoms with Crippen LogP contribution in [0, 0.1) is 0 Å². The van der Waals surface area contributed by atoms with Crippen molar-refractivity contribution in [3.05, 3.63) is 94.8 Å². The molecule has 0 bridgehead atoms. The second kappa shape index (κ2) is 13.4. The summed E-state index contributed by atoms with van der Waals surface area (Å²) >= 11 is 0. The normalized spacial score (nSPS) is 11.3. The summed E-state index contributed by atoms with van der Waals surface area (Å²) in [6.07, 6.45) is 7.88. The summed E-state index contributed by atoms with van der Waals surface area (Å²) in [4.78, 5) is 12.4. The molecule has 0 saturated carbocycles. The first-order chi connectivity index (χ1) is 19.8. The zero-order valence-corrected chi connectivity index (χ0v) is 24.2. The molecule has 212 valence electrons. The molecule has 1 heterocycles. The molecule has 1 amide bonds. The summed E-state index contributed by atoms with van der Waals surface area (Å²) in [6, 6.07) is 20.9. The smallest absolute Gasteiger partial charge is 0.251 e. The van der Waals surface area contributed by atoms with Crippen LogP contribution in [0.4, 0.5) is 0 Å². The van der Waals surface area contributed by atoms with Crippen LogP contribution >= 0.6 is 0 Å². The van der Waals surface area contributed by atoms with Gasteiger partial charge < -0.3 is 24.3 Å². The number of carbonyl (C=O) groups is 1. The molecule has 0 unspecified atom stereocenters. The SMILES string of the molecule is COc1ccc(/C=C/c2cc(/C=C/c3ccc(OC)c(OC)c3)n(-c3ccc(C(=O)NC(C)C)cc3)n2)cc1OC. The summed E-state index contributed by atoms with van der Waals surface area (Å²) in [5, 5.41) is 7.77. The van der Waals surface area contributed by atoms with Crippen molar-refractivity contribution in [2.45, 2.75) is 19.9 Å². The molecule has 4 rings (SSSR count). The fourth-order valence-electron chi connectivity index (χ4n) is 4.20. The highest BCUT2D eigenvalue weighted by Crippen LogP contribution is 2.30. The van der Waals surface area contributed by atoms with E-state index in [0.717, 1.165) is 28.2 Å². The molecule has 8 heteroatoms. The van der Waals surface area contributed by atoms with Gasteiger partial charge in [0.05, 0.1) is 45.5 Å². The zero-order chi connectivity index (χ0) is 29.4. The number of amides is 1. The molecule has 0 fully saturated rings. The third-order valence-corrected chi connectivity index (χ3v) is 6.26. The number of ether oxygens (including phenoxy) is 4. The number of nitrogens with zero attached hydrogens (tertiary/aromatic N) is 2. The summed E-state index contributed by atoms with van der Waals surface area (Å²) in [5.74, 6) is 2.53. The Balaban J connectivity index is 1.69. The van der Waals surface area contributed by atoms with Crippen LogP contribution in [0.2, 0.25) is 0 Å². The molecule has 0 saturated heterocycles. The average molecular weight is 554 g/mol. The van der Waals surface area contributed by atoms with Gasteiger partial charge in [-0.1, -0.05) is 24.3 Å². The van der Waals surface area contributed by atoms with Gasteiger partial charge in [-0.2, -0.15) is 5.10 Å². The van der Waals surface area contributed by atoms with Crippen molar-refractivity contribution in [1.82, 2.24) is 15.1 Å². The van der Waals surface area contributed by atoms with E-state index in [4.69, 9.17) is 24.0 Å². The molecular formula is C33H35N3O5. The minimum atomic E-state index is -0.112. The van der Waals surface area contributed by atoms with Gasteiger partial charge in [-0.3, -0.25) is 4.79 Å². The maximum atomic E-state index is 12.4. The molecule has 1 N–H and O–H groups in total. The number of hydrogen-bond donors (Lipinski definition) is 1. The van der Waals surface area contributed by atoms with Gasteiger partial charge in [0.25, 0.3) is 5.91 Å². The van der Waals surface area contributed by atoms with Crippen LogP contribution < -0.4 is 24.3 Å². The summed E-state index contributed by atoms with van der Waals surface area (Å²) in [7, 11) is 6.45. The van der Waals surface area contributed by atoms with E-state index in [0.29, 0.717) is 28.6 Å². The van der Waals surface area contributed by atoms with Crippen LogP contribution in [0.3, 0.4) is 0 Å². The van der Waals surface area contributed by atoms with Gasteiger partial charge in [0.2, 0.25) is 0 Å². The monoisotopic (exact) mass is 553 g/mol. The van der Waals surface area contributed by atoms with Crippen molar-refractivity contribution in [3.8, 4) is 28.7 Å². The van der Waals surface area contributed by atoms with Crippen LogP contribution in [0.1, 0.15) is 46.7 Å². The lowest BCUT2D eigenvalue weighted by Gasteiger charge is -2.10. The first kappa shape index (κ1) is 29.0. The van der Waals surface area contributed by atoms with Crippen molar-refractivity contribution in [1.29, 1.82) is 0 Å². The lowest BCUT2D eigenvalue weighted by molar-refractivity contribution is 0.0943. The molecular weight excluding hydrogens is 518 g/mol. The Morgan fingerprint density at radius 2 is 1.24 bits per heavy atom. The Labute approximate surface area is 240 Å². The van der Waals surface area contributed by atoms with Crippen LogP contribution in [-0.2, 0) is 0 Å². The first-order valence-electron chi connectivity index (χ1n) is 13.2. The van der Waals surface area contributed by atoms with Crippen molar-refractivity contribution in [2.75, 3.05) is 28.4 Å². The standard InChI is InChI=1S/C33H35N3O5/c1-22(2)34-33(37)25-11-15-27(16-12-25)36-28(14-8-24-10-18-30(39-4)32(20-24)41-6)21-26(35-36)13-7-23-9-17-29(38-3)31(19-23)40-5/h7-22H,1-6H3,(H,34,37)/b13-7+,14-8+. The van der Waals surface area contributed by atoms with Crippen molar-refractivity contribution < 1.29 is 23.7 Å². The third-order valence-electron chi connectivity index (χ3n) is 6.26. The fourth-order valence-corrected chi connectivity index (χ4v) is 4.20. The Morgan fingerprint density at radius 1 is 0.707 bits per heavy atom. The van der Waals surface area contributed by atoms with E-state index in [1.807, 2.05) is 97.4 Å². The van der Waals surface area contributed by atoms with E-state index >= 15 is 0 Å². The molecule has 0 atom stereocenters. The average Bonchev–Trinajstić information content (AvgIpc) is 3.41. The molecule has 3 aromatic carbocycles. The molecule has 1 aromatic heterocycles. The second-order valence-corrected chi connectivity index (χ2v) is 9.48. The van der Waals surface area contributed by atoms with Crippen LogP contribution in [0.25, 0.3) is 30.0 Å². The van der Waals surface area contributed by atoms with E-state index < -0.39 is 0 Å². The van der Waals surface area contributed by atoms with E-state index in [-0.39, 0.29) is 11.9 Å². The Hall–Kier alpha value is -4.98. The summed E-state index contributed by atoms with van der Waals surface area (Å²) in [6.45, 7) is 3.87. The fraction of sp³-hybridized carbons (Fsp3) is 0.212. The van der Waals surface area contributed by atoms with Gasteiger partial charge in [0.15, 0.2) is 23.0 Å². The first-order valence-corrected chi connectivity index (χ1v) is 13.2. The number of hydrogen-bond acceptors (Lipinski definition) is 6. The Bertz CT molecular complexity index is 1550. The highest BCUT2D eigenvalue weighted by Gasteiger charge is 2.11. The number of carbonyl (C=O) groups excluding carboxylic acids is 1. The van der Waals surface area contributed by atoms with E-state index in [2.05, 4.69) is 5.32 Å². The van der Waals surface area contributed by atoms with Crippen molar-refractivity contribution in [3.63, 3.8) is 0 Å². The van der Waals surface area contributed by atoms with Gasteiger partial charge in [-0.25, -0.2) is 4.68 Å². The quantitative estimate of drug-likeness (QED) is 0.232. The van der Waals surface area contributed by atoms with E-state index in [1.54, 1.807) is 40.6 Å². The van der Waals surface area contributed by atoms with Gasteiger partial charge in [0.1, 0.15) is 0 Å². The maximum absolute atomic E-state index is 12.4. The number of nitrogens with one attached hydrogen (secondary N) is 1. The van der Waals surface area contributed by atoms with Gasteiger partial charge in [0, 0.05) is 11.6 Å². The van der Waals surface area contributed by atoms with Crippen LogP contribution in [0.5, 0.6) is 23.0 Å². The van der Waals surface area contributed by atoms with Crippen molar-refractivity contribution >= 4 is 30.2 Å². The Kier molecular flexibility index (Phi) is 9.47. The number of rotatable bonds is 11. The highest BCUT2D eigenvalue weighted by atomic mass is 16.5. The minimum absolute atomic E-state index is 0.0571.